The molecule has 2 atom stereocenters. The van der Waals surface area contributed by atoms with Crippen molar-refractivity contribution in [1.82, 2.24) is 15.1 Å². The number of hydrogen-bond donors (Lipinski definition) is 1. The molecule has 0 aliphatic carbocycles. The molecule has 0 radical (unpaired) electrons. The van der Waals surface area contributed by atoms with Crippen LogP contribution in [0.25, 0.3) is 0 Å². The average molecular weight is 255 g/mol. The summed E-state index contributed by atoms with van der Waals surface area (Å²) in [6, 6.07) is 1.33. The largest absolute Gasteiger partial charge is 0.315 e. The molecule has 0 spiro atoms. The third-order valence-corrected chi connectivity index (χ3v) is 4.14. The average Bonchev–Trinajstić information content (AvgIpc) is 2.69. The Morgan fingerprint density at radius 1 is 1.33 bits per heavy atom. The Hall–Kier alpha value is -0.120. The molecule has 1 aliphatic rings. The number of likely N-dealkylation sites (tertiary alicyclic amines) is 1. The standard InChI is InChI=1S/C15H33N3/c1-13(2)16-9-6-7-14(3)18(5)12-15-8-10-17(4)11-15/h13-16H,6-12H2,1-5H3. The second kappa shape index (κ2) is 8.13. The van der Waals surface area contributed by atoms with Crippen molar-refractivity contribution in [2.75, 3.05) is 40.3 Å². The highest BCUT2D eigenvalue weighted by molar-refractivity contribution is 4.77. The molecule has 0 aromatic rings. The zero-order valence-corrected chi connectivity index (χ0v) is 13.1. The maximum atomic E-state index is 3.49. The lowest BCUT2D eigenvalue weighted by atomic mass is 10.1. The van der Waals surface area contributed by atoms with Crippen molar-refractivity contribution in [3.63, 3.8) is 0 Å². The molecule has 108 valence electrons. The molecule has 1 aliphatic heterocycles. The van der Waals surface area contributed by atoms with Crippen molar-refractivity contribution in [1.29, 1.82) is 0 Å². The molecule has 3 heteroatoms. The molecule has 18 heavy (non-hydrogen) atoms. The molecular formula is C15H33N3. The van der Waals surface area contributed by atoms with E-state index < -0.39 is 0 Å². The lowest BCUT2D eigenvalue weighted by Gasteiger charge is -2.27. The van der Waals surface area contributed by atoms with Crippen LogP contribution in [-0.2, 0) is 0 Å². The van der Waals surface area contributed by atoms with Gasteiger partial charge in [0.25, 0.3) is 0 Å². The van der Waals surface area contributed by atoms with Crippen LogP contribution in [0.5, 0.6) is 0 Å². The normalized spacial score (nSPS) is 23.2. The maximum Gasteiger partial charge on any atom is 0.00644 e. The first kappa shape index (κ1) is 15.9. The maximum absolute atomic E-state index is 3.49. The quantitative estimate of drug-likeness (QED) is 0.670. The van der Waals surface area contributed by atoms with E-state index in [1.165, 1.54) is 38.9 Å². The third kappa shape index (κ3) is 6.17. The predicted octanol–water partition coefficient (Wildman–Crippen LogP) is 2.04. The van der Waals surface area contributed by atoms with Crippen molar-refractivity contribution in [3.05, 3.63) is 0 Å². The summed E-state index contributed by atoms with van der Waals surface area (Å²) < 4.78 is 0. The Balaban J connectivity index is 2.10. The van der Waals surface area contributed by atoms with Gasteiger partial charge < -0.3 is 15.1 Å². The lowest BCUT2D eigenvalue weighted by Crippen LogP contribution is -2.35. The van der Waals surface area contributed by atoms with Gasteiger partial charge in [0.15, 0.2) is 0 Å². The number of hydrogen-bond acceptors (Lipinski definition) is 3. The molecular weight excluding hydrogens is 222 g/mol. The van der Waals surface area contributed by atoms with Gasteiger partial charge in [-0.15, -0.1) is 0 Å². The summed E-state index contributed by atoms with van der Waals surface area (Å²) in [4.78, 5) is 5.01. The minimum atomic E-state index is 0.618. The molecule has 0 bridgehead atoms. The van der Waals surface area contributed by atoms with Gasteiger partial charge in [-0.25, -0.2) is 0 Å². The van der Waals surface area contributed by atoms with Gasteiger partial charge in [-0.3, -0.25) is 0 Å². The minimum Gasteiger partial charge on any atom is -0.315 e. The van der Waals surface area contributed by atoms with Crippen LogP contribution in [0.2, 0.25) is 0 Å². The fourth-order valence-corrected chi connectivity index (χ4v) is 2.77. The van der Waals surface area contributed by atoms with E-state index in [9.17, 15) is 0 Å². The van der Waals surface area contributed by atoms with E-state index >= 15 is 0 Å². The van der Waals surface area contributed by atoms with Crippen LogP contribution in [0.15, 0.2) is 0 Å². The predicted molar refractivity (Wildman–Crippen MR) is 80.1 cm³/mol. The second-order valence-corrected chi connectivity index (χ2v) is 6.46. The van der Waals surface area contributed by atoms with Gasteiger partial charge in [0, 0.05) is 25.2 Å². The van der Waals surface area contributed by atoms with E-state index in [4.69, 9.17) is 0 Å². The number of rotatable bonds is 8. The summed E-state index contributed by atoms with van der Waals surface area (Å²) in [5, 5.41) is 3.49. The van der Waals surface area contributed by atoms with Gasteiger partial charge >= 0.3 is 0 Å². The topological polar surface area (TPSA) is 18.5 Å². The molecule has 1 saturated heterocycles. The molecule has 0 amide bonds. The summed E-state index contributed by atoms with van der Waals surface area (Å²) in [6.45, 7) is 11.8. The Morgan fingerprint density at radius 3 is 2.61 bits per heavy atom. The summed E-state index contributed by atoms with van der Waals surface area (Å²) in [7, 11) is 4.53. The third-order valence-electron chi connectivity index (χ3n) is 4.14. The highest BCUT2D eigenvalue weighted by Crippen LogP contribution is 2.17. The van der Waals surface area contributed by atoms with E-state index in [1.54, 1.807) is 0 Å². The van der Waals surface area contributed by atoms with E-state index in [-0.39, 0.29) is 0 Å². The first-order chi connectivity index (χ1) is 8.49. The van der Waals surface area contributed by atoms with Crippen LogP contribution in [-0.4, -0.2) is 62.2 Å². The van der Waals surface area contributed by atoms with Gasteiger partial charge in [-0.2, -0.15) is 0 Å². The van der Waals surface area contributed by atoms with Crippen LogP contribution in [0, 0.1) is 5.92 Å². The minimum absolute atomic E-state index is 0.618. The van der Waals surface area contributed by atoms with Crippen molar-refractivity contribution >= 4 is 0 Å². The molecule has 0 aromatic carbocycles. The Kier molecular flexibility index (Phi) is 7.20. The highest BCUT2D eigenvalue weighted by Gasteiger charge is 2.22. The van der Waals surface area contributed by atoms with Crippen LogP contribution in [0.1, 0.15) is 40.0 Å². The van der Waals surface area contributed by atoms with E-state index in [1.807, 2.05) is 0 Å². The Labute approximate surface area is 114 Å². The summed E-state index contributed by atoms with van der Waals surface area (Å²) in [5.74, 6) is 0.885. The smallest absolute Gasteiger partial charge is 0.00644 e. The lowest BCUT2D eigenvalue weighted by molar-refractivity contribution is 0.206. The molecule has 0 saturated carbocycles. The summed E-state index contributed by atoms with van der Waals surface area (Å²) in [6.07, 6.45) is 3.97. The number of nitrogens with one attached hydrogen (secondary N) is 1. The van der Waals surface area contributed by atoms with Crippen molar-refractivity contribution < 1.29 is 0 Å². The van der Waals surface area contributed by atoms with Gasteiger partial charge in [0.1, 0.15) is 0 Å². The zero-order chi connectivity index (χ0) is 13.5. The first-order valence-electron chi connectivity index (χ1n) is 7.61. The van der Waals surface area contributed by atoms with Gasteiger partial charge in [-0.05, 0) is 59.3 Å². The van der Waals surface area contributed by atoms with E-state index in [2.05, 4.69) is 50.0 Å². The Bertz CT molecular complexity index is 218. The molecule has 0 aromatic heterocycles. The second-order valence-electron chi connectivity index (χ2n) is 6.46. The fourth-order valence-electron chi connectivity index (χ4n) is 2.77. The van der Waals surface area contributed by atoms with E-state index in [0.717, 1.165) is 12.5 Å². The molecule has 1 fully saturated rings. The van der Waals surface area contributed by atoms with Gasteiger partial charge in [-0.1, -0.05) is 13.8 Å². The molecule has 1 heterocycles. The van der Waals surface area contributed by atoms with Crippen molar-refractivity contribution in [3.8, 4) is 0 Å². The van der Waals surface area contributed by atoms with Crippen LogP contribution >= 0.6 is 0 Å². The molecule has 1 N–H and O–H groups in total. The van der Waals surface area contributed by atoms with Crippen LogP contribution in [0.4, 0.5) is 0 Å². The SMILES string of the molecule is CC(C)NCCCC(C)N(C)CC1CCN(C)C1. The summed E-state index contributed by atoms with van der Waals surface area (Å²) >= 11 is 0. The van der Waals surface area contributed by atoms with Gasteiger partial charge in [0.2, 0.25) is 0 Å². The highest BCUT2D eigenvalue weighted by atomic mass is 15.2. The summed E-state index contributed by atoms with van der Waals surface area (Å²) in [5.41, 5.74) is 0. The Morgan fingerprint density at radius 2 is 2.06 bits per heavy atom. The zero-order valence-electron chi connectivity index (χ0n) is 13.1. The monoisotopic (exact) mass is 255 g/mol. The molecule has 2 unspecified atom stereocenters. The van der Waals surface area contributed by atoms with Crippen molar-refractivity contribution in [2.24, 2.45) is 5.92 Å². The fraction of sp³-hybridized carbons (Fsp3) is 1.00. The van der Waals surface area contributed by atoms with Crippen molar-refractivity contribution in [2.45, 2.75) is 52.1 Å². The first-order valence-corrected chi connectivity index (χ1v) is 7.61. The van der Waals surface area contributed by atoms with Crippen LogP contribution < -0.4 is 5.32 Å². The number of nitrogens with zero attached hydrogens (tertiary/aromatic N) is 2. The van der Waals surface area contributed by atoms with Gasteiger partial charge in [0.05, 0.1) is 0 Å². The van der Waals surface area contributed by atoms with Crippen LogP contribution in [0.3, 0.4) is 0 Å². The molecule has 1 rings (SSSR count). The van der Waals surface area contributed by atoms with E-state index in [0.29, 0.717) is 12.1 Å². The molecule has 3 nitrogen and oxygen atoms in total.